The third-order valence-corrected chi connectivity index (χ3v) is 5.01. The first kappa shape index (κ1) is 22.6. The molecule has 3 aromatic carbocycles. The highest BCUT2D eigenvalue weighted by atomic mass is 16.5. The first-order valence-electron chi connectivity index (χ1n) is 10.5. The van der Waals surface area contributed by atoms with Crippen molar-refractivity contribution in [2.45, 2.75) is 6.61 Å². The summed E-state index contributed by atoms with van der Waals surface area (Å²) in [6.07, 6.45) is 1.49. The van der Waals surface area contributed by atoms with E-state index >= 15 is 0 Å². The van der Waals surface area contributed by atoms with Gasteiger partial charge in [-0.05, 0) is 42.0 Å². The number of methoxy groups -OCH3 is 2. The van der Waals surface area contributed by atoms with Gasteiger partial charge >= 0.3 is 0 Å². The zero-order chi connectivity index (χ0) is 23.8. The third kappa shape index (κ3) is 5.60. The van der Waals surface area contributed by atoms with Gasteiger partial charge in [-0.1, -0.05) is 42.5 Å². The number of nitrogens with zero attached hydrogens (tertiary/aromatic N) is 2. The van der Waals surface area contributed by atoms with Crippen LogP contribution in [0.1, 0.15) is 21.6 Å². The van der Waals surface area contributed by atoms with E-state index in [-0.39, 0.29) is 5.69 Å². The van der Waals surface area contributed by atoms with Gasteiger partial charge in [0.2, 0.25) is 0 Å². The lowest BCUT2D eigenvalue weighted by Crippen LogP contribution is -2.18. The van der Waals surface area contributed by atoms with E-state index in [0.29, 0.717) is 35.1 Å². The lowest BCUT2D eigenvalue weighted by atomic mass is 10.1. The normalized spacial score (nSPS) is 10.8. The van der Waals surface area contributed by atoms with Crippen molar-refractivity contribution >= 4 is 12.1 Å². The molecule has 0 unspecified atom stereocenters. The van der Waals surface area contributed by atoms with Crippen molar-refractivity contribution in [2.24, 2.45) is 5.10 Å². The number of nitrogens with one attached hydrogen (secondary N) is 2. The second-order valence-corrected chi connectivity index (χ2v) is 7.28. The summed E-state index contributed by atoms with van der Waals surface area (Å²) in [5.41, 5.74) is 5.96. The zero-order valence-electron chi connectivity index (χ0n) is 18.8. The predicted molar refractivity (Wildman–Crippen MR) is 129 cm³/mol. The summed E-state index contributed by atoms with van der Waals surface area (Å²) in [6, 6.07) is 24.5. The van der Waals surface area contributed by atoms with Crippen LogP contribution in [0.5, 0.6) is 17.2 Å². The third-order valence-electron chi connectivity index (χ3n) is 5.01. The van der Waals surface area contributed by atoms with Crippen LogP contribution in [0.15, 0.2) is 84.0 Å². The number of aromatic amines is 1. The summed E-state index contributed by atoms with van der Waals surface area (Å²) >= 11 is 0. The maximum Gasteiger partial charge on any atom is 0.289 e. The molecular weight excluding hydrogens is 432 g/mol. The molecule has 0 bridgehead atoms. The molecule has 0 saturated heterocycles. The number of benzene rings is 3. The highest BCUT2D eigenvalue weighted by Gasteiger charge is 2.11. The van der Waals surface area contributed by atoms with Crippen molar-refractivity contribution in [3.05, 3.63) is 95.7 Å². The summed E-state index contributed by atoms with van der Waals surface area (Å²) in [4.78, 5) is 12.5. The molecule has 1 amide bonds. The Balaban J connectivity index is 1.40. The molecule has 0 aliphatic carbocycles. The Morgan fingerprint density at radius 2 is 1.82 bits per heavy atom. The molecule has 1 heterocycles. The van der Waals surface area contributed by atoms with Gasteiger partial charge in [0, 0.05) is 11.1 Å². The molecule has 0 atom stereocenters. The maximum atomic E-state index is 12.5. The SMILES string of the molecule is COc1ccc(OC)c(/C=N/NC(=O)c2cc(-c3cccc(OCc4ccccc4)c3)n[nH]2)c1. The minimum absolute atomic E-state index is 0.278. The van der Waals surface area contributed by atoms with Crippen LogP contribution in [0.4, 0.5) is 0 Å². The maximum absolute atomic E-state index is 12.5. The summed E-state index contributed by atoms with van der Waals surface area (Å²) in [6.45, 7) is 0.467. The van der Waals surface area contributed by atoms with Crippen molar-refractivity contribution in [2.75, 3.05) is 14.2 Å². The quantitative estimate of drug-likeness (QED) is 0.287. The molecule has 0 aliphatic heterocycles. The molecule has 1 aromatic heterocycles. The average Bonchev–Trinajstić information content (AvgIpc) is 3.39. The van der Waals surface area contributed by atoms with E-state index in [1.54, 1.807) is 38.5 Å². The topological polar surface area (TPSA) is 97.8 Å². The van der Waals surface area contributed by atoms with Crippen molar-refractivity contribution in [1.82, 2.24) is 15.6 Å². The van der Waals surface area contributed by atoms with Crippen LogP contribution in [0.3, 0.4) is 0 Å². The first-order chi connectivity index (χ1) is 16.7. The number of rotatable bonds is 9. The summed E-state index contributed by atoms with van der Waals surface area (Å²) < 4.78 is 16.4. The van der Waals surface area contributed by atoms with Gasteiger partial charge in [0.15, 0.2) is 0 Å². The summed E-state index contributed by atoms with van der Waals surface area (Å²) in [7, 11) is 3.14. The number of hydrogen-bond donors (Lipinski definition) is 2. The molecule has 4 rings (SSSR count). The zero-order valence-corrected chi connectivity index (χ0v) is 18.8. The number of ether oxygens (including phenoxy) is 3. The Morgan fingerprint density at radius 1 is 0.971 bits per heavy atom. The molecule has 172 valence electrons. The Morgan fingerprint density at radius 3 is 2.62 bits per heavy atom. The Labute approximate surface area is 197 Å². The van der Waals surface area contributed by atoms with Crippen molar-refractivity contribution in [3.63, 3.8) is 0 Å². The molecule has 0 aliphatic rings. The van der Waals surface area contributed by atoms with E-state index < -0.39 is 5.91 Å². The molecule has 0 fully saturated rings. The highest BCUT2D eigenvalue weighted by molar-refractivity contribution is 5.94. The number of aromatic nitrogens is 2. The first-order valence-corrected chi connectivity index (χ1v) is 10.5. The predicted octanol–water partition coefficient (Wildman–Crippen LogP) is 4.44. The molecular formula is C26H24N4O4. The van der Waals surface area contributed by atoms with E-state index in [9.17, 15) is 4.79 Å². The number of amides is 1. The van der Waals surface area contributed by atoms with Gasteiger partial charge in [-0.25, -0.2) is 5.43 Å². The lowest BCUT2D eigenvalue weighted by Gasteiger charge is -2.07. The van der Waals surface area contributed by atoms with Gasteiger partial charge in [0.25, 0.3) is 5.91 Å². The monoisotopic (exact) mass is 456 g/mol. The van der Waals surface area contributed by atoms with Crippen LogP contribution in [-0.4, -0.2) is 36.5 Å². The summed E-state index contributed by atoms with van der Waals surface area (Å²) in [5, 5.41) is 11.0. The van der Waals surface area contributed by atoms with Crippen LogP contribution >= 0.6 is 0 Å². The Bertz CT molecular complexity index is 1280. The lowest BCUT2D eigenvalue weighted by molar-refractivity contribution is 0.0950. The number of carbonyl (C=O) groups is 1. The van der Waals surface area contributed by atoms with Gasteiger partial charge in [-0.2, -0.15) is 10.2 Å². The van der Waals surface area contributed by atoms with Crippen LogP contribution in [-0.2, 0) is 6.61 Å². The van der Waals surface area contributed by atoms with Crippen LogP contribution < -0.4 is 19.6 Å². The van der Waals surface area contributed by atoms with Crippen LogP contribution in [0.25, 0.3) is 11.3 Å². The minimum Gasteiger partial charge on any atom is -0.497 e. The van der Waals surface area contributed by atoms with Crippen molar-refractivity contribution in [1.29, 1.82) is 0 Å². The smallest absolute Gasteiger partial charge is 0.289 e. The molecule has 4 aromatic rings. The number of hydrogen-bond acceptors (Lipinski definition) is 6. The van der Waals surface area contributed by atoms with Crippen molar-refractivity contribution < 1.29 is 19.0 Å². The molecule has 2 N–H and O–H groups in total. The fraction of sp³-hybridized carbons (Fsp3) is 0.115. The van der Waals surface area contributed by atoms with E-state index in [2.05, 4.69) is 20.7 Å². The Kier molecular flexibility index (Phi) is 7.19. The molecule has 8 nitrogen and oxygen atoms in total. The average molecular weight is 457 g/mol. The van der Waals surface area contributed by atoms with Gasteiger partial charge in [-0.3, -0.25) is 9.89 Å². The number of carbonyl (C=O) groups excluding carboxylic acids is 1. The number of hydrazone groups is 1. The fourth-order valence-electron chi connectivity index (χ4n) is 3.23. The Hall–Kier alpha value is -4.59. The van der Waals surface area contributed by atoms with E-state index in [1.165, 1.54) is 6.21 Å². The standard InChI is InChI=1S/C26H24N4O4/c1-32-21-11-12-25(33-2)20(14-21)16-27-30-26(31)24-15-23(28-29-24)19-9-6-10-22(13-19)34-17-18-7-4-3-5-8-18/h3-16H,17H2,1-2H3,(H,28,29)(H,30,31)/b27-16+. The van der Waals surface area contributed by atoms with Crippen LogP contribution in [0.2, 0.25) is 0 Å². The van der Waals surface area contributed by atoms with E-state index in [4.69, 9.17) is 14.2 Å². The summed E-state index contributed by atoms with van der Waals surface area (Å²) in [5.74, 6) is 1.55. The van der Waals surface area contributed by atoms with E-state index in [1.807, 2.05) is 54.6 Å². The van der Waals surface area contributed by atoms with Gasteiger partial charge in [0.05, 0.1) is 26.1 Å². The van der Waals surface area contributed by atoms with Crippen LogP contribution in [0, 0.1) is 0 Å². The van der Waals surface area contributed by atoms with Gasteiger partial charge < -0.3 is 14.2 Å². The molecule has 0 spiro atoms. The second-order valence-electron chi connectivity index (χ2n) is 7.28. The largest absolute Gasteiger partial charge is 0.497 e. The molecule has 0 radical (unpaired) electrons. The molecule has 34 heavy (non-hydrogen) atoms. The second kappa shape index (κ2) is 10.8. The molecule has 8 heteroatoms. The minimum atomic E-state index is -0.423. The van der Waals surface area contributed by atoms with Crippen molar-refractivity contribution in [3.8, 4) is 28.5 Å². The highest BCUT2D eigenvalue weighted by Crippen LogP contribution is 2.24. The van der Waals surface area contributed by atoms with Gasteiger partial charge in [-0.15, -0.1) is 0 Å². The fourth-order valence-corrected chi connectivity index (χ4v) is 3.23. The van der Waals surface area contributed by atoms with Gasteiger partial charge in [0.1, 0.15) is 29.5 Å². The number of H-pyrrole nitrogens is 1. The molecule has 0 saturated carbocycles. The van der Waals surface area contributed by atoms with E-state index in [0.717, 1.165) is 11.1 Å².